The van der Waals surface area contributed by atoms with E-state index in [-0.39, 0.29) is 22.5 Å². The van der Waals surface area contributed by atoms with Crippen LogP contribution in [-0.2, 0) is 0 Å². The van der Waals surface area contributed by atoms with Gasteiger partial charge < -0.3 is 4.74 Å². The Bertz CT molecular complexity index is 484. The van der Waals surface area contributed by atoms with Crippen LogP contribution in [-0.4, -0.2) is 12.9 Å². The minimum Gasteiger partial charge on any atom is -0.496 e. The lowest BCUT2D eigenvalue weighted by atomic mass is 9.99. The van der Waals surface area contributed by atoms with E-state index in [1.807, 2.05) is 25.1 Å². The first-order chi connectivity index (χ1) is 8.23. The van der Waals surface area contributed by atoms with Crippen molar-refractivity contribution in [2.45, 2.75) is 34.6 Å². The van der Waals surface area contributed by atoms with Gasteiger partial charge in [0.05, 0.1) is 12.7 Å². The first-order valence-corrected chi connectivity index (χ1v) is 6.42. The number of carbonyl (C=O) groups excluding carboxylic acids is 1. The molecule has 0 aliphatic heterocycles. The predicted octanol–water partition coefficient (Wildman–Crippen LogP) is 3.87. The van der Waals surface area contributed by atoms with Crippen LogP contribution in [0.4, 0.5) is 0 Å². The Morgan fingerprint density at radius 1 is 1.17 bits per heavy atom. The minimum atomic E-state index is 0.0683. The quantitative estimate of drug-likeness (QED) is 0.757. The Kier molecular flexibility index (Phi) is 2.80. The van der Waals surface area contributed by atoms with Gasteiger partial charge in [0.1, 0.15) is 5.75 Å². The SMILES string of the molecule is COc1ccc(C)cc1C(=O)C1C(C)(C)C1(C)C. The Labute approximate surface area is 109 Å². The van der Waals surface area contributed by atoms with Crippen LogP contribution in [0.1, 0.15) is 43.6 Å². The number of carbonyl (C=O) groups is 1. The molecule has 0 aromatic heterocycles. The monoisotopic (exact) mass is 246 g/mol. The molecule has 1 saturated carbocycles. The van der Waals surface area contributed by atoms with Crippen LogP contribution in [0, 0.1) is 23.7 Å². The van der Waals surface area contributed by atoms with Crippen molar-refractivity contribution in [1.29, 1.82) is 0 Å². The van der Waals surface area contributed by atoms with Crippen molar-refractivity contribution in [2.24, 2.45) is 16.7 Å². The van der Waals surface area contributed by atoms with Gasteiger partial charge in [-0.15, -0.1) is 0 Å². The zero-order valence-corrected chi connectivity index (χ0v) is 12.1. The van der Waals surface area contributed by atoms with Gasteiger partial charge in [-0.3, -0.25) is 4.79 Å². The van der Waals surface area contributed by atoms with E-state index in [0.29, 0.717) is 5.75 Å². The van der Waals surface area contributed by atoms with Crippen molar-refractivity contribution in [1.82, 2.24) is 0 Å². The summed E-state index contributed by atoms with van der Waals surface area (Å²) in [5.41, 5.74) is 1.95. The minimum absolute atomic E-state index is 0.0683. The molecule has 1 aromatic rings. The van der Waals surface area contributed by atoms with Gasteiger partial charge in [-0.1, -0.05) is 39.3 Å². The number of rotatable bonds is 3. The van der Waals surface area contributed by atoms with Crippen molar-refractivity contribution in [2.75, 3.05) is 7.11 Å². The summed E-state index contributed by atoms with van der Waals surface area (Å²) in [6, 6.07) is 5.79. The van der Waals surface area contributed by atoms with E-state index >= 15 is 0 Å². The molecular formula is C16H22O2. The van der Waals surface area contributed by atoms with Gasteiger partial charge in [-0.25, -0.2) is 0 Å². The number of hydrogen-bond donors (Lipinski definition) is 0. The molecule has 0 N–H and O–H groups in total. The lowest BCUT2D eigenvalue weighted by Crippen LogP contribution is -2.09. The van der Waals surface area contributed by atoms with E-state index in [0.717, 1.165) is 11.1 Å². The number of Topliss-reactive ketones (excluding diaryl/α,β-unsaturated/α-hetero) is 1. The molecule has 1 fully saturated rings. The maximum Gasteiger partial charge on any atom is 0.170 e. The summed E-state index contributed by atoms with van der Waals surface area (Å²) in [7, 11) is 1.62. The highest BCUT2D eigenvalue weighted by atomic mass is 16.5. The highest BCUT2D eigenvalue weighted by molar-refractivity contribution is 6.03. The Hall–Kier alpha value is -1.31. The van der Waals surface area contributed by atoms with Gasteiger partial charge in [0.25, 0.3) is 0 Å². The molecule has 0 unspecified atom stereocenters. The number of benzene rings is 1. The standard InChI is InChI=1S/C16H22O2/c1-10-7-8-12(18-6)11(9-10)13(17)14-15(2,3)16(14,4)5/h7-9,14H,1-6H3. The van der Waals surface area contributed by atoms with E-state index < -0.39 is 0 Å². The molecule has 0 heterocycles. The van der Waals surface area contributed by atoms with Crippen molar-refractivity contribution in [3.63, 3.8) is 0 Å². The van der Waals surface area contributed by atoms with Gasteiger partial charge in [-0.05, 0) is 29.9 Å². The fourth-order valence-corrected chi connectivity index (χ4v) is 3.02. The molecule has 1 aliphatic rings. The summed E-state index contributed by atoms with van der Waals surface area (Å²) in [6.07, 6.45) is 0. The van der Waals surface area contributed by atoms with E-state index in [1.54, 1.807) is 7.11 Å². The maximum absolute atomic E-state index is 12.7. The molecule has 0 spiro atoms. The molecule has 1 aromatic carbocycles. The number of ether oxygens (including phenoxy) is 1. The number of hydrogen-bond acceptors (Lipinski definition) is 2. The van der Waals surface area contributed by atoms with Crippen LogP contribution in [0.15, 0.2) is 18.2 Å². The first kappa shape index (κ1) is 13.1. The summed E-state index contributed by atoms with van der Waals surface area (Å²) in [5.74, 6) is 0.982. The number of aryl methyl sites for hydroxylation is 1. The molecule has 2 rings (SSSR count). The second-order valence-electron chi connectivity index (χ2n) is 6.44. The third-order valence-electron chi connectivity index (χ3n) is 4.90. The van der Waals surface area contributed by atoms with Gasteiger partial charge in [0.15, 0.2) is 5.78 Å². The predicted molar refractivity (Wildman–Crippen MR) is 73.1 cm³/mol. The highest BCUT2D eigenvalue weighted by Gasteiger charge is 2.68. The van der Waals surface area contributed by atoms with Crippen molar-refractivity contribution >= 4 is 5.78 Å². The van der Waals surface area contributed by atoms with Crippen LogP contribution in [0.3, 0.4) is 0 Å². The van der Waals surface area contributed by atoms with Gasteiger partial charge >= 0.3 is 0 Å². The van der Waals surface area contributed by atoms with Crippen LogP contribution in [0.2, 0.25) is 0 Å². The topological polar surface area (TPSA) is 26.3 Å². The highest BCUT2D eigenvalue weighted by Crippen LogP contribution is 2.69. The molecule has 98 valence electrons. The largest absolute Gasteiger partial charge is 0.496 e. The van der Waals surface area contributed by atoms with Crippen LogP contribution >= 0.6 is 0 Å². The second kappa shape index (κ2) is 3.84. The molecule has 0 saturated heterocycles. The summed E-state index contributed by atoms with van der Waals surface area (Å²) < 4.78 is 5.31. The molecule has 0 radical (unpaired) electrons. The third kappa shape index (κ3) is 1.66. The fraction of sp³-hybridized carbons (Fsp3) is 0.562. The van der Waals surface area contributed by atoms with Crippen molar-refractivity contribution in [3.8, 4) is 5.75 Å². The van der Waals surface area contributed by atoms with E-state index in [2.05, 4.69) is 27.7 Å². The van der Waals surface area contributed by atoms with E-state index in [4.69, 9.17) is 4.74 Å². The second-order valence-corrected chi connectivity index (χ2v) is 6.44. The van der Waals surface area contributed by atoms with E-state index in [9.17, 15) is 4.79 Å². The molecule has 0 amide bonds. The number of ketones is 1. The zero-order valence-electron chi connectivity index (χ0n) is 12.1. The molecule has 1 aliphatic carbocycles. The fourth-order valence-electron chi connectivity index (χ4n) is 3.02. The van der Waals surface area contributed by atoms with Crippen molar-refractivity contribution < 1.29 is 9.53 Å². The van der Waals surface area contributed by atoms with Gasteiger partial charge in [0, 0.05) is 5.92 Å². The maximum atomic E-state index is 12.7. The lowest BCUT2D eigenvalue weighted by molar-refractivity contribution is 0.0942. The average Bonchev–Trinajstić information content (AvgIpc) is 2.68. The molecular weight excluding hydrogens is 224 g/mol. The smallest absolute Gasteiger partial charge is 0.170 e. The zero-order chi connectivity index (χ0) is 13.7. The summed E-state index contributed by atoms with van der Waals surface area (Å²) >= 11 is 0. The first-order valence-electron chi connectivity index (χ1n) is 6.42. The average molecular weight is 246 g/mol. The van der Waals surface area contributed by atoms with Crippen LogP contribution in [0.25, 0.3) is 0 Å². The van der Waals surface area contributed by atoms with Crippen LogP contribution < -0.4 is 4.74 Å². The number of methoxy groups -OCH3 is 1. The molecule has 2 heteroatoms. The lowest BCUT2D eigenvalue weighted by Gasteiger charge is -2.09. The normalized spacial score (nSPS) is 20.6. The summed E-state index contributed by atoms with van der Waals surface area (Å²) in [6.45, 7) is 10.7. The van der Waals surface area contributed by atoms with Gasteiger partial charge in [-0.2, -0.15) is 0 Å². The summed E-state index contributed by atoms with van der Waals surface area (Å²) in [5, 5.41) is 0. The Morgan fingerprint density at radius 2 is 1.72 bits per heavy atom. The molecule has 18 heavy (non-hydrogen) atoms. The van der Waals surface area contributed by atoms with Crippen LogP contribution in [0.5, 0.6) is 5.75 Å². The molecule has 0 bridgehead atoms. The third-order valence-corrected chi connectivity index (χ3v) is 4.90. The van der Waals surface area contributed by atoms with Crippen molar-refractivity contribution in [3.05, 3.63) is 29.3 Å². The van der Waals surface area contributed by atoms with E-state index in [1.165, 1.54) is 0 Å². The Morgan fingerprint density at radius 3 is 2.17 bits per heavy atom. The summed E-state index contributed by atoms with van der Waals surface area (Å²) in [4.78, 5) is 12.7. The molecule has 0 atom stereocenters. The molecule has 2 nitrogen and oxygen atoms in total. The van der Waals surface area contributed by atoms with Gasteiger partial charge in [0.2, 0.25) is 0 Å². The Balaban J connectivity index is 2.40.